The molecular weight excluding hydrogens is 342 g/mol. The maximum atomic E-state index is 12.3. The second kappa shape index (κ2) is 7.94. The first-order valence-corrected chi connectivity index (χ1v) is 8.11. The molecule has 0 aliphatic carbocycles. The van der Waals surface area contributed by atoms with E-state index in [9.17, 15) is 4.79 Å². The van der Waals surface area contributed by atoms with Crippen molar-refractivity contribution in [3.8, 4) is 0 Å². The van der Waals surface area contributed by atoms with Crippen LogP contribution >= 0.6 is 15.9 Å². The third-order valence-corrected chi connectivity index (χ3v) is 3.68. The third-order valence-electron chi connectivity index (χ3n) is 3.15. The van der Waals surface area contributed by atoms with Gasteiger partial charge in [0.2, 0.25) is 0 Å². The molecule has 0 bridgehead atoms. The first kappa shape index (κ1) is 16.5. The number of aromatic nitrogens is 1. The van der Waals surface area contributed by atoms with E-state index in [2.05, 4.69) is 45.4 Å². The summed E-state index contributed by atoms with van der Waals surface area (Å²) < 4.78 is 0.978. The SMILES string of the molecule is CC(C)CCNc1cc(C(=O)Nc2ccc(Br)cc2)ccn1. The van der Waals surface area contributed by atoms with Gasteiger partial charge in [-0.3, -0.25) is 4.79 Å². The van der Waals surface area contributed by atoms with E-state index >= 15 is 0 Å². The molecule has 2 rings (SSSR count). The number of halogens is 1. The minimum atomic E-state index is -0.142. The zero-order valence-corrected chi connectivity index (χ0v) is 14.4. The zero-order valence-electron chi connectivity index (χ0n) is 12.8. The van der Waals surface area contributed by atoms with Gasteiger partial charge in [-0.15, -0.1) is 0 Å². The molecule has 1 heterocycles. The molecular formula is C17H20BrN3O. The number of nitrogens with one attached hydrogen (secondary N) is 2. The molecule has 1 aromatic heterocycles. The second-order valence-electron chi connectivity index (χ2n) is 5.50. The second-order valence-corrected chi connectivity index (χ2v) is 6.42. The molecule has 0 aliphatic heterocycles. The fraction of sp³-hybridized carbons (Fsp3) is 0.294. The lowest BCUT2D eigenvalue weighted by molar-refractivity contribution is 0.102. The lowest BCUT2D eigenvalue weighted by atomic mass is 10.1. The number of hydrogen-bond acceptors (Lipinski definition) is 3. The van der Waals surface area contributed by atoms with E-state index in [1.165, 1.54) is 0 Å². The van der Waals surface area contributed by atoms with Gasteiger partial charge in [-0.1, -0.05) is 29.8 Å². The number of anilines is 2. The Hall–Kier alpha value is -1.88. The van der Waals surface area contributed by atoms with Crippen molar-refractivity contribution in [2.75, 3.05) is 17.2 Å². The van der Waals surface area contributed by atoms with Crippen LogP contribution < -0.4 is 10.6 Å². The topological polar surface area (TPSA) is 54.0 Å². The third kappa shape index (κ3) is 5.15. The van der Waals surface area contributed by atoms with Crippen LogP contribution in [0.25, 0.3) is 0 Å². The minimum absolute atomic E-state index is 0.142. The van der Waals surface area contributed by atoms with E-state index in [0.29, 0.717) is 11.5 Å². The maximum absolute atomic E-state index is 12.3. The van der Waals surface area contributed by atoms with Gasteiger partial charge in [-0.05, 0) is 48.7 Å². The van der Waals surface area contributed by atoms with Gasteiger partial charge < -0.3 is 10.6 Å². The lowest BCUT2D eigenvalue weighted by Crippen LogP contribution is -2.13. The molecule has 2 N–H and O–H groups in total. The molecule has 0 saturated carbocycles. The average molecular weight is 362 g/mol. The summed E-state index contributed by atoms with van der Waals surface area (Å²) in [5.74, 6) is 1.22. The molecule has 4 nitrogen and oxygen atoms in total. The van der Waals surface area contributed by atoms with Crippen LogP contribution in [0.5, 0.6) is 0 Å². The molecule has 22 heavy (non-hydrogen) atoms. The van der Waals surface area contributed by atoms with Crippen molar-refractivity contribution >= 4 is 33.3 Å². The fourth-order valence-electron chi connectivity index (χ4n) is 1.89. The summed E-state index contributed by atoms with van der Waals surface area (Å²) in [5.41, 5.74) is 1.35. The van der Waals surface area contributed by atoms with Crippen LogP contribution in [-0.2, 0) is 0 Å². The molecule has 5 heteroatoms. The summed E-state index contributed by atoms with van der Waals surface area (Å²) in [4.78, 5) is 16.5. The van der Waals surface area contributed by atoms with E-state index in [4.69, 9.17) is 0 Å². The summed E-state index contributed by atoms with van der Waals surface area (Å²) in [6.45, 7) is 5.21. The highest BCUT2D eigenvalue weighted by Crippen LogP contribution is 2.16. The van der Waals surface area contributed by atoms with Gasteiger partial charge in [0.1, 0.15) is 5.82 Å². The molecule has 0 saturated heterocycles. The highest BCUT2D eigenvalue weighted by molar-refractivity contribution is 9.10. The molecule has 116 valence electrons. The Morgan fingerprint density at radius 3 is 2.64 bits per heavy atom. The van der Waals surface area contributed by atoms with E-state index in [1.807, 2.05) is 24.3 Å². The van der Waals surface area contributed by atoms with Gasteiger partial charge in [0, 0.05) is 28.5 Å². The maximum Gasteiger partial charge on any atom is 0.255 e. The summed E-state index contributed by atoms with van der Waals surface area (Å²) >= 11 is 3.37. The first-order chi connectivity index (χ1) is 10.5. The Labute approximate surface area is 139 Å². The Balaban J connectivity index is 1.99. The molecule has 2 aromatic rings. The summed E-state index contributed by atoms with van der Waals surface area (Å²) in [5, 5.41) is 6.12. The molecule has 0 spiro atoms. The van der Waals surface area contributed by atoms with Gasteiger partial charge in [-0.25, -0.2) is 4.98 Å². The van der Waals surface area contributed by atoms with Crippen molar-refractivity contribution in [1.82, 2.24) is 4.98 Å². The summed E-state index contributed by atoms with van der Waals surface area (Å²) in [6.07, 6.45) is 2.71. The van der Waals surface area contributed by atoms with Crippen molar-refractivity contribution in [1.29, 1.82) is 0 Å². The van der Waals surface area contributed by atoms with Crippen molar-refractivity contribution in [2.24, 2.45) is 5.92 Å². The molecule has 0 atom stereocenters. The Morgan fingerprint density at radius 1 is 1.23 bits per heavy atom. The highest BCUT2D eigenvalue weighted by atomic mass is 79.9. The molecule has 1 aromatic carbocycles. The van der Waals surface area contributed by atoms with E-state index in [-0.39, 0.29) is 5.91 Å². The number of amides is 1. The molecule has 0 radical (unpaired) electrons. The first-order valence-electron chi connectivity index (χ1n) is 7.31. The van der Waals surface area contributed by atoms with E-state index < -0.39 is 0 Å². The number of rotatable bonds is 6. The van der Waals surface area contributed by atoms with Gasteiger partial charge >= 0.3 is 0 Å². The number of carbonyl (C=O) groups is 1. The number of pyridine rings is 1. The number of carbonyl (C=O) groups excluding carboxylic acids is 1. The molecule has 0 aliphatic rings. The van der Waals surface area contributed by atoms with Crippen LogP contribution in [0.3, 0.4) is 0 Å². The van der Waals surface area contributed by atoms with Crippen LogP contribution in [-0.4, -0.2) is 17.4 Å². The average Bonchev–Trinajstić information content (AvgIpc) is 2.49. The number of nitrogens with zero attached hydrogens (tertiary/aromatic N) is 1. The molecule has 1 amide bonds. The zero-order chi connectivity index (χ0) is 15.9. The van der Waals surface area contributed by atoms with E-state index in [0.717, 1.165) is 28.9 Å². The summed E-state index contributed by atoms with van der Waals surface area (Å²) in [6, 6.07) is 11.0. The number of benzene rings is 1. The van der Waals surface area contributed by atoms with Crippen LogP contribution in [0, 0.1) is 5.92 Å². The minimum Gasteiger partial charge on any atom is -0.370 e. The molecule has 0 fully saturated rings. The van der Waals surface area contributed by atoms with Crippen molar-refractivity contribution in [3.63, 3.8) is 0 Å². The highest BCUT2D eigenvalue weighted by Gasteiger charge is 2.07. The Bertz CT molecular complexity index is 626. The normalized spacial score (nSPS) is 10.5. The van der Waals surface area contributed by atoms with Crippen LogP contribution in [0.1, 0.15) is 30.6 Å². The smallest absolute Gasteiger partial charge is 0.255 e. The van der Waals surface area contributed by atoms with Gasteiger partial charge in [0.15, 0.2) is 0 Å². The van der Waals surface area contributed by atoms with Crippen molar-refractivity contribution in [2.45, 2.75) is 20.3 Å². The van der Waals surface area contributed by atoms with E-state index in [1.54, 1.807) is 18.3 Å². The lowest BCUT2D eigenvalue weighted by Gasteiger charge is -2.09. The van der Waals surface area contributed by atoms with Crippen molar-refractivity contribution in [3.05, 3.63) is 52.6 Å². The summed E-state index contributed by atoms with van der Waals surface area (Å²) in [7, 11) is 0. The van der Waals surface area contributed by atoms with Gasteiger partial charge in [-0.2, -0.15) is 0 Å². The van der Waals surface area contributed by atoms with Crippen LogP contribution in [0.2, 0.25) is 0 Å². The van der Waals surface area contributed by atoms with Gasteiger partial charge in [0.05, 0.1) is 0 Å². The number of hydrogen-bond donors (Lipinski definition) is 2. The Kier molecular flexibility index (Phi) is 5.95. The monoisotopic (exact) mass is 361 g/mol. The van der Waals surface area contributed by atoms with Crippen LogP contribution in [0.4, 0.5) is 11.5 Å². The fourth-order valence-corrected chi connectivity index (χ4v) is 2.16. The van der Waals surface area contributed by atoms with Crippen LogP contribution in [0.15, 0.2) is 47.1 Å². The predicted octanol–water partition coefficient (Wildman–Crippen LogP) is 4.55. The standard InChI is InChI=1S/C17H20BrN3O/c1-12(2)7-9-19-16-11-13(8-10-20-16)17(22)21-15-5-3-14(18)4-6-15/h3-6,8,10-12H,7,9H2,1-2H3,(H,19,20)(H,21,22). The van der Waals surface area contributed by atoms with Crippen molar-refractivity contribution < 1.29 is 4.79 Å². The Morgan fingerprint density at radius 2 is 1.95 bits per heavy atom. The largest absolute Gasteiger partial charge is 0.370 e. The van der Waals surface area contributed by atoms with Gasteiger partial charge in [0.25, 0.3) is 5.91 Å². The molecule has 0 unspecified atom stereocenters. The quantitative estimate of drug-likeness (QED) is 0.792. The predicted molar refractivity (Wildman–Crippen MR) is 94.3 cm³/mol.